The number of nitrogens with one attached hydrogen (secondary N) is 3. The van der Waals surface area contributed by atoms with Gasteiger partial charge in [0.15, 0.2) is 5.82 Å². The Labute approximate surface area is 236 Å². The molecule has 218 valence electrons. The van der Waals surface area contributed by atoms with E-state index >= 15 is 0 Å². The maximum atomic E-state index is 13.2. The zero-order chi connectivity index (χ0) is 30.1. The van der Waals surface area contributed by atoms with Crippen molar-refractivity contribution in [3.05, 3.63) is 53.0 Å². The first-order valence-corrected chi connectivity index (χ1v) is 13.0. The number of anilines is 2. The predicted octanol–water partition coefficient (Wildman–Crippen LogP) is 2.46. The molecule has 0 bridgehead atoms. The van der Waals surface area contributed by atoms with Crippen molar-refractivity contribution >= 4 is 47.3 Å². The van der Waals surface area contributed by atoms with E-state index in [0.717, 1.165) is 16.9 Å². The highest BCUT2D eigenvalue weighted by atomic mass is 16.7. The van der Waals surface area contributed by atoms with Crippen LogP contribution in [0.4, 0.5) is 16.3 Å². The van der Waals surface area contributed by atoms with Gasteiger partial charge in [-0.05, 0) is 57.4 Å². The third kappa shape index (κ3) is 7.15. The Hall–Kier alpha value is -5.01. The number of nitrogens with zero attached hydrogens (tertiary/aromatic N) is 4. The van der Waals surface area contributed by atoms with Crippen LogP contribution in [0, 0.1) is 13.8 Å². The first kappa shape index (κ1) is 30.5. The van der Waals surface area contributed by atoms with Gasteiger partial charge < -0.3 is 25.4 Å². The summed E-state index contributed by atoms with van der Waals surface area (Å²) < 4.78 is 11.3. The van der Waals surface area contributed by atoms with E-state index in [-0.39, 0.29) is 18.0 Å². The molecular weight excluding hydrogens is 534 g/mol. The van der Waals surface area contributed by atoms with Gasteiger partial charge in [0.25, 0.3) is 11.8 Å². The van der Waals surface area contributed by atoms with E-state index in [9.17, 15) is 24.0 Å². The Morgan fingerprint density at radius 1 is 1.15 bits per heavy atom. The number of hydrogen-bond acceptors (Lipinski definition) is 10. The number of amides is 4. The zero-order valence-corrected chi connectivity index (χ0v) is 23.5. The SMILES string of the molecule is CCCNC(=O)c1cn2ncnc(Nc3cc(C(=O)N(CC)C(=O)OCOC(=O)C(C)NC=O)ccc3C)c2c1C. The molecule has 2 heterocycles. The van der Waals surface area contributed by atoms with E-state index < -0.39 is 30.8 Å². The first-order chi connectivity index (χ1) is 19.6. The molecule has 1 unspecified atom stereocenters. The summed E-state index contributed by atoms with van der Waals surface area (Å²) in [4.78, 5) is 65.8. The van der Waals surface area contributed by atoms with Crippen LogP contribution in [0.15, 0.2) is 30.7 Å². The smallest absolute Gasteiger partial charge is 0.419 e. The lowest BCUT2D eigenvalue weighted by Crippen LogP contribution is -2.39. The van der Waals surface area contributed by atoms with Crippen LogP contribution in [0.25, 0.3) is 5.52 Å². The Kier molecular flexibility index (Phi) is 10.3. The van der Waals surface area contributed by atoms with Crippen LogP contribution in [0.1, 0.15) is 59.0 Å². The number of imide groups is 1. The Morgan fingerprint density at radius 3 is 2.59 bits per heavy atom. The number of rotatable bonds is 12. The van der Waals surface area contributed by atoms with Gasteiger partial charge in [0.2, 0.25) is 13.2 Å². The number of esters is 1. The molecule has 0 saturated carbocycles. The predicted molar refractivity (Wildman–Crippen MR) is 148 cm³/mol. The fourth-order valence-corrected chi connectivity index (χ4v) is 3.85. The number of aromatic nitrogens is 3. The number of benzene rings is 1. The molecule has 0 aliphatic carbocycles. The average molecular weight is 568 g/mol. The van der Waals surface area contributed by atoms with Crippen molar-refractivity contribution in [2.24, 2.45) is 0 Å². The number of carbonyl (C=O) groups is 5. The van der Waals surface area contributed by atoms with E-state index in [1.54, 1.807) is 42.8 Å². The molecule has 4 amide bonds. The van der Waals surface area contributed by atoms with E-state index in [1.807, 2.05) is 13.8 Å². The van der Waals surface area contributed by atoms with Crippen LogP contribution >= 0.6 is 0 Å². The molecule has 2 aromatic heterocycles. The highest BCUT2D eigenvalue weighted by Gasteiger charge is 2.25. The molecule has 1 atom stereocenters. The second kappa shape index (κ2) is 13.9. The van der Waals surface area contributed by atoms with Crippen molar-refractivity contribution in [2.45, 2.75) is 47.1 Å². The van der Waals surface area contributed by atoms with E-state index in [2.05, 4.69) is 26.0 Å². The van der Waals surface area contributed by atoms with Crippen molar-refractivity contribution in [1.29, 1.82) is 0 Å². The topological polar surface area (TPSA) is 173 Å². The number of ether oxygens (including phenoxy) is 2. The summed E-state index contributed by atoms with van der Waals surface area (Å²) in [7, 11) is 0. The number of aryl methyl sites for hydroxylation is 2. The van der Waals surface area contributed by atoms with E-state index in [1.165, 1.54) is 13.3 Å². The van der Waals surface area contributed by atoms with Crippen LogP contribution in [-0.4, -0.2) is 75.7 Å². The monoisotopic (exact) mass is 567 g/mol. The third-order valence-corrected chi connectivity index (χ3v) is 6.18. The molecule has 3 rings (SSSR count). The van der Waals surface area contributed by atoms with Crippen molar-refractivity contribution in [2.75, 3.05) is 25.2 Å². The molecule has 0 aliphatic rings. The van der Waals surface area contributed by atoms with Crippen LogP contribution in [-0.2, 0) is 19.1 Å². The van der Waals surface area contributed by atoms with Crippen molar-refractivity contribution in [3.63, 3.8) is 0 Å². The minimum atomic E-state index is -1.01. The van der Waals surface area contributed by atoms with Crippen molar-refractivity contribution in [1.82, 2.24) is 30.1 Å². The molecular formula is C27H33N7O7. The zero-order valence-electron chi connectivity index (χ0n) is 23.5. The minimum absolute atomic E-state index is 0.00982. The maximum absolute atomic E-state index is 13.2. The van der Waals surface area contributed by atoms with Crippen LogP contribution in [0.5, 0.6) is 0 Å². The summed E-state index contributed by atoms with van der Waals surface area (Å²) in [6.07, 6.45) is 3.13. The molecule has 14 heteroatoms. The summed E-state index contributed by atoms with van der Waals surface area (Å²) in [5.41, 5.74) is 3.28. The number of hydrogen-bond donors (Lipinski definition) is 3. The van der Waals surface area contributed by atoms with Gasteiger partial charge in [0, 0.05) is 30.5 Å². The molecule has 3 N–H and O–H groups in total. The van der Waals surface area contributed by atoms with Gasteiger partial charge in [-0.25, -0.2) is 24.0 Å². The normalized spacial score (nSPS) is 11.3. The van der Waals surface area contributed by atoms with Crippen LogP contribution in [0.2, 0.25) is 0 Å². The summed E-state index contributed by atoms with van der Waals surface area (Å²) in [5, 5.41) is 12.5. The van der Waals surface area contributed by atoms with E-state index in [0.29, 0.717) is 41.1 Å². The van der Waals surface area contributed by atoms with Crippen molar-refractivity contribution in [3.8, 4) is 0 Å². The van der Waals surface area contributed by atoms with Crippen LogP contribution < -0.4 is 16.0 Å². The summed E-state index contributed by atoms with van der Waals surface area (Å²) in [5.74, 6) is -1.23. The minimum Gasteiger partial charge on any atom is -0.426 e. The molecule has 0 saturated heterocycles. The van der Waals surface area contributed by atoms with Crippen LogP contribution in [0.3, 0.4) is 0 Å². The van der Waals surface area contributed by atoms with Gasteiger partial charge in [-0.1, -0.05) is 13.0 Å². The van der Waals surface area contributed by atoms with Gasteiger partial charge >= 0.3 is 12.1 Å². The summed E-state index contributed by atoms with van der Waals surface area (Å²) in [6, 6.07) is 3.93. The van der Waals surface area contributed by atoms with Crippen molar-refractivity contribution < 1.29 is 33.4 Å². The second-order valence-corrected chi connectivity index (χ2v) is 9.03. The van der Waals surface area contributed by atoms with Gasteiger partial charge in [-0.3, -0.25) is 14.4 Å². The molecule has 1 aromatic carbocycles. The number of carbonyl (C=O) groups excluding carboxylic acids is 5. The Balaban J connectivity index is 1.79. The molecule has 14 nitrogen and oxygen atoms in total. The van der Waals surface area contributed by atoms with Gasteiger partial charge in [-0.15, -0.1) is 0 Å². The van der Waals surface area contributed by atoms with Gasteiger partial charge in [0.1, 0.15) is 17.9 Å². The lowest BCUT2D eigenvalue weighted by Gasteiger charge is -2.20. The summed E-state index contributed by atoms with van der Waals surface area (Å²) >= 11 is 0. The lowest BCUT2D eigenvalue weighted by molar-refractivity contribution is -0.154. The molecule has 0 radical (unpaired) electrons. The quantitative estimate of drug-likeness (QED) is 0.168. The highest BCUT2D eigenvalue weighted by molar-refractivity contribution is 6.04. The molecule has 0 spiro atoms. The van der Waals surface area contributed by atoms with E-state index in [4.69, 9.17) is 9.47 Å². The standard InChI is InChI=1S/C27H33N7O7/c1-6-10-28-24(36)20-12-34-22(17(20)4)23(29-13-31-34)32-21-11-19(9-8-16(21)3)25(37)33(7-2)27(39)41-15-40-26(38)18(5)30-14-35/h8-9,11-14,18H,6-7,10,15H2,1-5H3,(H,28,36)(H,30,35)(H,29,31,32). The molecule has 41 heavy (non-hydrogen) atoms. The fraction of sp³-hybridized carbons (Fsp3) is 0.370. The Bertz CT molecular complexity index is 1450. The number of fused-ring (bicyclic) bond motifs is 1. The molecule has 3 aromatic rings. The fourth-order valence-electron chi connectivity index (χ4n) is 3.85. The van der Waals surface area contributed by atoms with Gasteiger partial charge in [0.05, 0.1) is 5.56 Å². The van der Waals surface area contributed by atoms with Gasteiger partial charge in [-0.2, -0.15) is 5.10 Å². The molecule has 0 aliphatic heterocycles. The highest BCUT2D eigenvalue weighted by Crippen LogP contribution is 2.28. The summed E-state index contributed by atoms with van der Waals surface area (Å²) in [6.45, 7) is 8.41. The average Bonchev–Trinajstić information content (AvgIpc) is 3.30. The largest absolute Gasteiger partial charge is 0.426 e. The third-order valence-electron chi connectivity index (χ3n) is 6.18. The maximum Gasteiger partial charge on any atom is 0.419 e. The first-order valence-electron chi connectivity index (χ1n) is 13.0. The lowest BCUT2D eigenvalue weighted by atomic mass is 10.1. The Morgan fingerprint density at radius 2 is 1.90 bits per heavy atom. The molecule has 0 fully saturated rings. The second-order valence-electron chi connectivity index (χ2n) is 9.03.